The molecule has 126 valence electrons. The number of hydrogen-bond acceptors (Lipinski definition) is 3. The third kappa shape index (κ3) is 5.18. The molecular weight excluding hydrogens is 367 g/mol. The smallest absolute Gasteiger partial charge is 0.258 e. The Hall–Kier alpha value is -1.66. The quantitative estimate of drug-likeness (QED) is 0.776. The molecule has 2 aromatic carbocycles. The molecule has 2 N–H and O–H groups in total. The first-order chi connectivity index (χ1) is 11.5. The van der Waals surface area contributed by atoms with Crippen molar-refractivity contribution >= 4 is 46.4 Å². The minimum absolute atomic E-state index is 0.0788. The minimum atomic E-state index is -0.419. The zero-order valence-electron chi connectivity index (χ0n) is 12.7. The standard InChI is InChI=1S/C17H16Cl2N2O2S/c18-13-6-7-14(15(19)10-13)16(23)20-17(24)21(8-9-22)11-12-4-2-1-3-5-12/h1-7,10,22H,8-9,11H2,(H,20,23,24). The summed E-state index contributed by atoms with van der Waals surface area (Å²) in [5.74, 6) is -0.419. The van der Waals surface area contributed by atoms with Crippen LogP contribution in [-0.2, 0) is 6.54 Å². The number of hydrogen-bond donors (Lipinski definition) is 2. The van der Waals surface area contributed by atoms with E-state index in [1.165, 1.54) is 12.1 Å². The lowest BCUT2D eigenvalue weighted by Gasteiger charge is -2.24. The first-order valence-corrected chi connectivity index (χ1v) is 8.37. The van der Waals surface area contributed by atoms with Crippen molar-refractivity contribution in [2.45, 2.75) is 6.54 Å². The summed E-state index contributed by atoms with van der Waals surface area (Å²) in [5, 5.41) is 12.8. The van der Waals surface area contributed by atoms with Crippen LogP contribution in [0.4, 0.5) is 0 Å². The van der Waals surface area contributed by atoms with Crippen LogP contribution in [0.15, 0.2) is 48.5 Å². The van der Waals surface area contributed by atoms with Gasteiger partial charge in [0.1, 0.15) is 0 Å². The fraction of sp³-hybridized carbons (Fsp3) is 0.176. The summed E-state index contributed by atoms with van der Waals surface area (Å²) in [6.07, 6.45) is 0. The van der Waals surface area contributed by atoms with Crippen molar-refractivity contribution in [1.29, 1.82) is 0 Å². The molecule has 2 rings (SSSR count). The van der Waals surface area contributed by atoms with Crippen LogP contribution in [0.25, 0.3) is 0 Å². The molecule has 24 heavy (non-hydrogen) atoms. The third-order valence-corrected chi connectivity index (χ3v) is 4.18. The van der Waals surface area contributed by atoms with E-state index in [0.29, 0.717) is 18.1 Å². The zero-order valence-corrected chi connectivity index (χ0v) is 15.0. The Labute approximate surface area is 156 Å². The fourth-order valence-electron chi connectivity index (χ4n) is 2.09. The van der Waals surface area contributed by atoms with Gasteiger partial charge in [-0.15, -0.1) is 0 Å². The SMILES string of the molecule is O=C(NC(=S)N(CCO)Cc1ccccc1)c1ccc(Cl)cc1Cl. The second kappa shape index (κ2) is 8.99. The normalized spacial score (nSPS) is 10.3. The van der Waals surface area contributed by atoms with Crippen LogP contribution in [0.2, 0.25) is 10.0 Å². The van der Waals surface area contributed by atoms with Crippen LogP contribution in [0.5, 0.6) is 0 Å². The van der Waals surface area contributed by atoms with E-state index in [0.717, 1.165) is 5.56 Å². The molecule has 0 spiro atoms. The first-order valence-electron chi connectivity index (χ1n) is 7.21. The minimum Gasteiger partial charge on any atom is -0.395 e. The zero-order chi connectivity index (χ0) is 17.5. The van der Waals surface area contributed by atoms with Gasteiger partial charge in [-0.3, -0.25) is 10.1 Å². The largest absolute Gasteiger partial charge is 0.395 e. The highest BCUT2D eigenvalue weighted by Crippen LogP contribution is 2.20. The van der Waals surface area contributed by atoms with Crippen molar-refractivity contribution in [3.8, 4) is 0 Å². The number of rotatable bonds is 5. The van der Waals surface area contributed by atoms with Crippen molar-refractivity contribution in [3.05, 3.63) is 69.7 Å². The van der Waals surface area contributed by atoms with Crippen LogP contribution in [0.1, 0.15) is 15.9 Å². The number of aliphatic hydroxyl groups excluding tert-OH is 1. The molecule has 0 saturated heterocycles. The van der Waals surface area contributed by atoms with E-state index in [4.69, 9.17) is 35.4 Å². The first kappa shape index (κ1) is 18.7. The van der Waals surface area contributed by atoms with E-state index < -0.39 is 5.91 Å². The molecule has 0 aliphatic carbocycles. The number of carbonyl (C=O) groups excluding carboxylic acids is 1. The van der Waals surface area contributed by atoms with Crippen LogP contribution in [0, 0.1) is 0 Å². The highest BCUT2D eigenvalue weighted by atomic mass is 35.5. The molecule has 1 amide bonds. The van der Waals surface area contributed by atoms with E-state index in [2.05, 4.69) is 5.32 Å². The van der Waals surface area contributed by atoms with Gasteiger partial charge in [0.2, 0.25) is 0 Å². The number of halogens is 2. The molecule has 4 nitrogen and oxygen atoms in total. The topological polar surface area (TPSA) is 52.6 Å². The molecule has 0 saturated carbocycles. The lowest BCUT2D eigenvalue weighted by Crippen LogP contribution is -2.43. The maximum absolute atomic E-state index is 12.3. The second-order valence-electron chi connectivity index (χ2n) is 5.01. The monoisotopic (exact) mass is 382 g/mol. The highest BCUT2D eigenvalue weighted by molar-refractivity contribution is 7.80. The van der Waals surface area contributed by atoms with Gasteiger partial charge in [0.05, 0.1) is 17.2 Å². The molecule has 0 heterocycles. The van der Waals surface area contributed by atoms with E-state index in [9.17, 15) is 9.90 Å². The van der Waals surface area contributed by atoms with Gasteiger partial charge in [0, 0.05) is 18.1 Å². The van der Waals surface area contributed by atoms with Crippen LogP contribution < -0.4 is 5.32 Å². The molecule has 0 aliphatic rings. The molecule has 2 aromatic rings. The second-order valence-corrected chi connectivity index (χ2v) is 6.24. The summed E-state index contributed by atoms with van der Waals surface area (Å²) < 4.78 is 0. The maximum Gasteiger partial charge on any atom is 0.258 e. The Morgan fingerprint density at radius 1 is 1.17 bits per heavy atom. The Morgan fingerprint density at radius 3 is 2.50 bits per heavy atom. The molecule has 0 bridgehead atoms. The number of nitrogens with zero attached hydrogens (tertiary/aromatic N) is 1. The Balaban J connectivity index is 2.08. The number of thiocarbonyl (C=S) groups is 1. The van der Waals surface area contributed by atoms with E-state index in [1.807, 2.05) is 30.3 Å². The average molecular weight is 383 g/mol. The van der Waals surface area contributed by atoms with Gasteiger partial charge in [-0.1, -0.05) is 53.5 Å². The molecule has 0 aromatic heterocycles. The van der Waals surface area contributed by atoms with Crippen LogP contribution in [0.3, 0.4) is 0 Å². The summed E-state index contributed by atoms with van der Waals surface area (Å²) in [7, 11) is 0. The molecule has 7 heteroatoms. The van der Waals surface area contributed by atoms with E-state index >= 15 is 0 Å². The third-order valence-electron chi connectivity index (χ3n) is 3.27. The molecular formula is C17H16Cl2N2O2S. The number of amides is 1. The number of aliphatic hydroxyl groups is 1. The number of carbonyl (C=O) groups is 1. The van der Waals surface area contributed by atoms with Crippen LogP contribution in [-0.4, -0.2) is 34.2 Å². The highest BCUT2D eigenvalue weighted by Gasteiger charge is 2.16. The summed E-state index contributed by atoms with van der Waals surface area (Å²) in [5.41, 5.74) is 1.30. The van der Waals surface area contributed by atoms with E-state index in [-0.39, 0.29) is 22.3 Å². The Morgan fingerprint density at radius 2 is 1.88 bits per heavy atom. The van der Waals surface area contributed by atoms with Gasteiger partial charge in [-0.2, -0.15) is 0 Å². The maximum atomic E-state index is 12.3. The van der Waals surface area contributed by atoms with Gasteiger partial charge < -0.3 is 10.0 Å². The van der Waals surface area contributed by atoms with E-state index in [1.54, 1.807) is 11.0 Å². The van der Waals surface area contributed by atoms with Crippen molar-refractivity contribution in [1.82, 2.24) is 10.2 Å². The number of benzene rings is 2. The summed E-state index contributed by atoms with van der Waals surface area (Å²) in [4.78, 5) is 14.0. The molecule has 0 unspecified atom stereocenters. The summed E-state index contributed by atoms with van der Waals surface area (Å²) in [6.45, 7) is 0.710. The summed E-state index contributed by atoms with van der Waals surface area (Å²) >= 11 is 17.2. The van der Waals surface area contributed by atoms with Crippen molar-refractivity contribution < 1.29 is 9.90 Å². The van der Waals surface area contributed by atoms with Crippen LogP contribution >= 0.6 is 35.4 Å². The van der Waals surface area contributed by atoms with Crippen molar-refractivity contribution in [3.63, 3.8) is 0 Å². The lowest BCUT2D eigenvalue weighted by atomic mass is 10.2. The average Bonchev–Trinajstić information content (AvgIpc) is 2.55. The lowest BCUT2D eigenvalue weighted by molar-refractivity contribution is 0.0972. The van der Waals surface area contributed by atoms with Gasteiger partial charge in [0.15, 0.2) is 5.11 Å². The van der Waals surface area contributed by atoms with Gasteiger partial charge in [-0.05, 0) is 36.0 Å². The predicted molar refractivity (Wildman–Crippen MR) is 100 cm³/mol. The number of nitrogens with one attached hydrogen (secondary N) is 1. The summed E-state index contributed by atoms with van der Waals surface area (Å²) in [6, 6.07) is 14.3. The molecule has 0 aliphatic heterocycles. The molecule has 0 radical (unpaired) electrons. The Kier molecular flexibility index (Phi) is 6.99. The van der Waals surface area contributed by atoms with Crippen molar-refractivity contribution in [2.24, 2.45) is 0 Å². The van der Waals surface area contributed by atoms with Crippen molar-refractivity contribution in [2.75, 3.05) is 13.2 Å². The molecule has 0 atom stereocenters. The Bertz CT molecular complexity index is 726. The van der Waals surface area contributed by atoms with Gasteiger partial charge in [-0.25, -0.2) is 0 Å². The predicted octanol–water partition coefficient (Wildman–Crippen LogP) is 3.50. The van der Waals surface area contributed by atoms with Gasteiger partial charge >= 0.3 is 0 Å². The fourth-order valence-corrected chi connectivity index (χ4v) is 2.84. The van der Waals surface area contributed by atoms with Gasteiger partial charge in [0.25, 0.3) is 5.91 Å². The molecule has 0 fully saturated rings.